The van der Waals surface area contributed by atoms with Crippen LogP contribution in [0.15, 0.2) is 29.2 Å². The number of hydrogen-bond acceptors (Lipinski definition) is 6. The third kappa shape index (κ3) is 3.62. The number of hydrogen-bond donors (Lipinski definition) is 0. The minimum Gasteiger partial charge on any atom is -0.548 e. The summed E-state index contributed by atoms with van der Waals surface area (Å²) >= 11 is 6.09. The maximum Gasteiger partial charge on any atom is 0.266 e. The van der Waals surface area contributed by atoms with E-state index in [0.717, 1.165) is 22.2 Å². The van der Waals surface area contributed by atoms with E-state index in [-0.39, 0.29) is 4.32 Å². The zero-order chi connectivity index (χ0) is 15.4. The van der Waals surface area contributed by atoms with Crippen molar-refractivity contribution in [2.45, 2.75) is 6.92 Å². The molecule has 1 aromatic rings. The molecule has 0 radical (unpaired) electrons. The lowest BCUT2D eigenvalue weighted by atomic mass is 10.2. The third-order valence-corrected chi connectivity index (χ3v) is 4.04. The number of aliphatic carboxylic acids is 1. The van der Waals surface area contributed by atoms with Crippen LogP contribution in [0.2, 0.25) is 0 Å². The Morgan fingerprint density at radius 3 is 2.86 bits per heavy atom. The molecule has 1 heterocycles. The molecule has 0 saturated carbocycles. The van der Waals surface area contributed by atoms with Crippen LogP contribution in [0.1, 0.15) is 12.5 Å². The first-order valence-corrected chi connectivity index (χ1v) is 7.42. The molecule has 1 amide bonds. The summed E-state index contributed by atoms with van der Waals surface area (Å²) in [5.74, 6) is -1.12. The van der Waals surface area contributed by atoms with Crippen LogP contribution in [0.4, 0.5) is 0 Å². The molecule has 0 aromatic heterocycles. The molecule has 1 saturated heterocycles. The lowest BCUT2D eigenvalue weighted by molar-refractivity contribution is -0.305. The van der Waals surface area contributed by atoms with Gasteiger partial charge in [0.15, 0.2) is 0 Å². The lowest BCUT2D eigenvalue weighted by Crippen LogP contribution is -2.40. The molecule has 0 bridgehead atoms. The van der Waals surface area contributed by atoms with Gasteiger partial charge in [-0.3, -0.25) is 9.69 Å². The van der Waals surface area contributed by atoms with Gasteiger partial charge in [-0.1, -0.05) is 42.2 Å². The van der Waals surface area contributed by atoms with Crippen molar-refractivity contribution < 1.29 is 19.4 Å². The van der Waals surface area contributed by atoms with Crippen LogP contribution < -0.4 is 9.84 Å². The number of carbonyl (C=O) groups excluding carboxylic acids is 2. The smallest absolute Gasteiger partial charge is 0.266 e. The summed E-state index contributed by atoms with van der Waals surface area (Å²) in [6.45, 7) is 1.85. The molecule has 110 valence electrons. The predicted molar refractivity (Wildman–Crippen MR) is 82.5 cm³/mol. The Labute approximate surface area is 131 Å². The van der Waals surface area contributed by atoms with Crippen molar-refractivity contribution in [3.05, 3.63) is 34.7 Å². The molecule has 1 fully saturated rings. The second kappa shape index (κ2) is 6.73. The fraction of sp³-hybridized carbons (Fsp3) is 0.214. The van der Waals surface area contributed by atoms with Gasteiger partial charge in [0.25, 0.3) is 5.91 Å². The fourth-order valence-electron chi connectivity index (χ4n) is 1.79. The SMILES string of the molecule is CCOc1ccccc1C=C1SC(=S)N(CC(=O)[O-])C1=O. The van der Waals surface area contributed by atoms with Gasteiger partial charge in [0.1, 0.15) is 10.1 Å². The average Bonchev–Trinajstić information content (AvgIpc) is 2.69. The molecule has 0 unspecified atom stereocenters. The molecule has 21 heavy (non-hydrogen) atoms. The Morgan fingerprint density at radius 1 is 1.48 bits per heavy atom. The van der Waals surface area contributed by atoms with Crippen molar-refractivity contribution in [2.24, 2.45) is 0 Å². The summed E-state index contributed by atoms with van der Waals surface area (Å²) < 4.78 is 5.70. The fourth-order valence-corrected chi connectivity index (χ4v) is 3.04. The minimum absolute atomic E-state index is 0.212. The van der Waals surface area contributed by atoms with Crippen LogP contribution in [0, 0.1) is 0 Å². The highest BCUT2D eigenvalue weighted by atomic mass is 32.2. The van der Waals surface area contributed by atoms with E-state index in [0.29, 0.717) is 17.3 Å². The summed E-state index contributed by atoms with van der Waals surface area (Å²) in [4.78, 5) is 24.2. The highest BCUT2D eigenvalue weighted by Crippen LogP contribution is 2.33. The van der Waals surface area contributed by atoms with Crippen molar-refractivity contribution in [3.63, 3.8) is 0 Å². The van der Waals surface area contributed by atoms with E-state index in [1.165, 1.54) is 0 Å². The van der Waals surface area contributed by atoms with Gasteiger partial charge in [0.2, 0.25) is 0 Å². The number of carboxylic acid groups (broad SMARTS) is 1. The number of carboxylic acids is 1. The van der Waals surface area contributed by atoms with Gasteiger partial charge in [-0.15, -0.1) is 0 Å². The lowest BCUT2D eigenvalue weighted by Gasteiger charge is -2.14. The maximum atomic E-state index is 12.1. The zero-order valence-corrected chi connectivity index (χ0v) is 12.8. The van der Waals surface area contributed by atoms with E-state index in [1.807, 2.05) is 25.1 Å². The topological polar surface area (TPSA) is 69.7 Å². The normalized spacial score (nSPS) is 16.6. The molecular formula is C14H12NO4S2-. The molecule has 1 aromatic carbocycles. The first-order valence-electron chi connectivity index (χ1n) is 6.20. The van der Waals surface area contributed by atoms with Gasteiger partial charge in [-0.2, -0.15) is 0 Å². The van der Waals surface area contributed by atoms with Gasteiger partial charge in [-0.05, 0) is 19.1 Å². The number of carbonyl (C=O) groups is 2. The largest absolute Gasteiger partial charge is 0.548 e. The van der Waals surface area contributed by atoms with E-state index < -0.39 is 18.4 Å². The maximum absolute atomic E-state index is 12.1. The minimum atomic E-state index is -1.35. The summed E-state index contributed by atoms with van der Waals surface area (Å²) in [5.41, 5.74) is 0.744. The van der Waals surface area contributed by atoms with Crippen LogP contribution in [0.3, 0.4) is 0 Å². The number of amides is 1. The Hall–Kier alpha value is -1.86. The highest BCUT2D eigenvalue weighted by molar-refractivity contribution is 8.26. The molecule has 7 heteroatoms. The van der Waals surface area contributed by atoms with Crippen LogP contribution in [0.25, 0.3) is 6.08 Å². The number of rotatable bonds is 5. The number of thioether (sulfide) groups is 1. The van der Waals surface area contributed by atoms with E-state index in [2.05, 4.69) is 0 Å². The highest BCUT2D eigenvalue weighted by Gasteiger charge is 2.32. The van der Waals surface area contributed by atoms with Gasteiger partial charge < -0.3 is 14.6 Å². The predicted octanol–water partition coefficient (Wildman–Crippen LogP) is 1.04. The van der Waals surface area contributed by atoms with Gasteiger partial charge in [0, 0.05) is 5.56 Å². The van der Waals surface area contributed by atoms with Gasteiger partial charge in [0.05, 0.1) is 24.0 Å². The second-order valence-corrected chi connectivity index (χ2v) is 5.79. The van der Waals surface area contributed by atoms with Crippen LogP contribution in [0.5, 0.6) is 5.75 Å². The molecule has 0 atom stereocenters. The van der Waals surface area contributed by atoms with Crippen LogP contribution >= 0.6 is 24.0 Å². The first-order chi connectivity index (χ1) is 10.0. The molecule has 2 rings (SSSR count). The molecular weight excluding hydrogens is 310 g/mol. The summed E-state index contributed by atoms with van der Waals surface area (Å²) in [5, 5.41) is 10.6. The van der Waals surface area contributed by atoms with Crippen molar-refractivity contribution in [2.75, 3.05) is 13.2 Å². The zero-order valence-electron chi connectivity index (χ0n) is 11.2. The molecule has 0 spiro atoms. The Morgan fingerprint density at radius 2 is 2.19 bits per heavy atom. The number of ether oxygens (including phenoxy) is 1. The van der Waals surface area contributed by atoms with Crippen molar-refractivity contribution in [3.8, 4) is 5.75 Å². The second-order valence-electron chi connectivity index (χ2n) is 4.11. The van der Waals surface area contributed by atoms with Crippen molar-refractivity contribution in [1.29, 1.82) is 0 Å². The quantitative estimate of drug-likeness (QED) is 0.596. The van der Waals surface area contributed by atoms with Crippen LogP contribution in [-0.2, 0) is 9.59 Å². The van der Waals surface area contributed by atoms with Crippen molar-refractivity contribution in [1.82, 2.24) is 4.90 Å². The molecule has 1 aliphatic heterocycles. The summed E-state index contributed by atoms with van der Waals surface area (Å²) in [6.07, 6.45) is 1.65. The summed E-state index contributed by atoms with van der Waals surface area (Å²) in [7, 11) is 0. The first kappa shape index (κ1) is 15.5. The van der Waals surface area contributed by atoms with Gasteiger partial charge >= 0.3 is 0 Å². The monoisotopic (exact) mass is 322 g/mol. The Balaban J connectivity index is 2.28. The number of thiocarbonyl (C=S) groups is 1. The molecule has 1 aliphatic rings. The number of nitrogens with zero attached hydrogens (tertiary/aromatic N) is 1. The van der Waals surface area contributed by atoms with E-state index in [1.54, 1.807) is 12.1 Å². The van der Waals surface area contributed by atoms with Gasteiger partial charge in [-0.25, -0.2) is 0 Å². The molecule has 0 aliphatic carbocycles. The van der Waals surface area contributed by atoms with E-state index in [4.69, 9.17) is 17.0 Å². The number of para-hydroxylation sites is 1. The molecule has 0 N–H and O–H groups in total. The van der Waals surface area contributed by atoms with Crippen LogP contribution in [-0.4, -0.2) is 34.2 Å². The summed E-state index contributed by atoms with van der Waals surface area (Å²) in [6, 6.07) is 7.29. The molecule has 5 nitrogen and oxygen atoms in total. The average molecular weight is 322 g/mol. The van der Waals surface area contributed by atoms with E-state index >= 15 is 0 Å². The van der Waals surface area contributed by atoms with E-state index in [9.17, 15) is 14.7 Å². The Kier molecular flexibility index (Phi) is 4.98. The van der Waals surface area contributed by atoms with Crippen molar-refractivity contribution >= 4 is 46.3 Å². The third-order valence-electron chi connectivity index (χ3n) is 2.67. The standard InChI is InChI=1S/C14H13NO4S2/c1-2-19-10-6-4-3-5-9(10)7-11-13(18)15(8-12(16)17)14(20)21-11/h3-7H,2,8H2,1H3,(H,16,17)/p-1. The number of benzene rings is 1. The Bertz CT molecular complexity index is 627.